The summed E-state index contributed by atoms with van der Waals surface area (Å²) in [6.45, 7) is 0. The highest BCUT2D eigenvalue weighted by molar-refractivity contribution is 7.70. The van der Waals surface area contributed by atoms with E-state index < -0.39 is 0 Å². The van der Waals surface area contributed by atoms with Crippen molar-refractivity contribution < 1.29 is 0 Å². The first kappa shape index (κ1) is 12.2. The minimum Gasteiger partial charge on any atom is -0.0836 e. The van der Waals surface area contributed by atoms with Crippen LogP contribution in [-0.4, -0.2) is 5.66 Å². The van der Waals surface area contributed by atoms with Crippen LogP contribution in [0.2, 0.25) is 0 Å². The van der Waals surface area contributed by atoms with Gasteiger partial charge in [-0.3, -0.25) is 0 Å². The lowest BCUT2D eigenvalue weighted by Crippen LogP contribution is -2.12. The number of allylic oxidation sites excluding steroid dienone is 4. The third kappa shape index (κ3) is 2.59. The molecule has 0 aromatic heterocycles. The minimum absolute atomic E-state index is 0.101. The Balaban J connectivity index is 1.92. The van der Waals surface area contributed by atoms with E-state index in [2.05, 4.69) is 48.6 Å². The molecule has 18 heavy (non-hydrogen) atoms. The predicted octanol–water partition coefficient (Wildman–Crippen LogP) is 4.97. The van der Waals surface area contributed by atoms with E-state index in [1.54, 1.807) is 10.6 Å². The van der Waals surface area contributed by atoms with E-state index in [4.69, 9.17) is 0 Å². The first-order chi connectivity index (χ1) is 8.95. The van der Waals surface area contributed by atoms with Gasteiger partial charge in [0.15, 0.2) is 0 Å². The Kier molecular flexibility index (Phi) is 3.96. The lowest BCUT2D eigenvalue weighted by molar-refractivity contribution is 0.886. The van der Waals surface area contributed by atoms with E-state index >= 15 is 0 Å². The number of hydrogen-bond acceptors (Lipinski definition) is 0. The lowest BCUT2D eigenvalue weighted by atomic mass is 10.2. The molecule has 1 atom stereocenters. The maximum absolute atomic E-state index is 2.50. The quantitative estimate of drug-likeness (QED) is 0.670. The van der Waals surface area contributed by atoms with Crippen molar-refractivity contribution in [3.05, 3.63) is 53.9 Å². The maximum Gasteiger partial charge on any atom is -0.0129 e. The number of hydrogen-bond donors (Lipinski definition) is 0. The van der Waals surface area contributed by atoms with Gasteiger partial charge >= 0.3 is 0 Å². The molecule has 2 aliphatic carbocycles. The molecule has 1 aromatic carbocycles. The maximum atomic E-state index is 2.50. The summed E-state index contributed by atoms with van der Waals surface area (Å²) in [6.07, 6.45) is 15.5. The van der Waals surface area contributed by atoms with E-state index in [-0.39, 0.29) is 7.92 Å². The fourth-order valence-electron chi connectivity index (χ4n) is 3.10. The molecule has 0 nitrogen and oxygen atoms in total. The summed E-state index contributed by atoms with van der Waals surface area (Å²) in [5.74, 6) is 0. The van der Waals surface area contributed by atoms with Crippen LogP contribution in [0, 0.1) is 0 Å². The molecule has 0 amide bonds. The van der Waals surface area contributed by atoms with Crippen LogP contribution >= 0.6 is 7.92 Å². The van der Waals surface area contributed by atoms with Crippen molar-refractivity contribution >= 4 is 13.2 Å². The molecule has 1 saturated carbocycles. The van der Waals surface area contributed by atoms with Gasteiger partial charge in [-0.25, -0.2) is 0 Å². The van der Waals surface area contributed by atoms with Crippen molar-refractivity contribution in [2.24, 2.45) is 0 Å². The second kappa shape index (κ2) is 5.85. The van der Waals surface area contributed by atoms with Crippen LogP contribution in [0.3, 0.4) is 0 Å². The number of rotatable bonds is 3. The fourth-order valence-corrected chi connectivity index (χ4v) is 6.21. The smallest absolute Gasteiger partial charge is 0.0129 e. The zero-order chi connectivity index (χ0) is 12.2. The predicted molar refractivity (Wildman–Crippen MR) is 81.7 cm³/mol. The van der Waals surface area contributed by atoms with Crippen LogP contribution < -0.4 is 5.30 Å². The molecule has 3 rings (SSSR count). The van der Waals surface area contributed by atoms with Gasteiger partial charge in [0.2, 0.25) is 0 Å². The molecule has 1 heteroatoms. The van der Waals surface area contributed by atoms with Crippen LogP contribution in [-0.2, 0) is 0 Å². The first-order valence-electron chi connectivity index (χ1n) is 7.16. The standard InChI is InChI=1S/C17H21P/c1-3-9-15(10-4-1)18(17-13-7-8-14-17)16-11-5-2-6-12-16/h1,3-5,9-12,17H,2,6-8,13-14H2. The molecule has 2 aliphatic rings. The summed E-state index contributed by atoms with van der Waals surface area (Å²) >= 11 is 0. The van der Waals surface area contributed by atoms with Crippen LogP contribution in [0.15, 0.2) is 53.9 Å². The van der Waals surface area contributed by atoms with Gasteiger partial charge in [-0.1, -0.05) is 61.4 Å². The van der Waals surface area contributed by atoms with Gasteiger partial charge in [-0.05, 0) is 49.9 Å². The molecule has 0 saturated heterocycles. The Bertz CT molecular complexity index is 438. The molecule has 0 radical (unpaired) electrons. The number of benzene rings is 1. The molecule has 0 aliphatic heterocycles. The topological polar surface area (TPSA) is 0 Å². The molecule has 0 bridgehead atoms. The molecule has 0 N–H and O–H groups in total. The second-order valence-electron chi connectivity index (χ2n) is 5.25. The Morgan fingerprint density at radius 3 is 2.39 bits per heavy atom. The zero-order valence-electron chi connectivity index (χ0n) is 10.9. The van der Waals surface area contributed by atoms with Crippen molar-refractivity contribution in [3.63, 3.8) is 0 Å². The minimum atomic E-state index is -0.101. The van der Waals surface area contributed by atoms with Gasteiger partial charge in [0.05, 0.1) is 0 Å². The van der Waals surface area contributed by atoms with E-state index in [1.165, 1.54) is 38.5 Å². The third-order valence-electron chi connectivity index (χ3n) is 3.98. The summed E-state index contributed by atoms with van der Waals surface area (Å²) in [6, 6.07) is 11.2. The summed E-state index contributed by atoms with van der Waals surface area (Å²) < 4.78 is 0. The zero-order valence-corrected chi connectivity index (χ0v) is 11.8. The molecule has 94 valence electrons. The van der Waals surface area contributed by atoms with Crippen molar-refractivity contribution in [2.75, 3.05) is 0 Å². The summed E-state index contributed by atoms with van der Waals surface area (Å²) in [4.78, 5) is 0. The van der Waals surface area contributed by atoms with Gasteiger partial charge < -0.3 is 0 Å². The highest BCUT2D eigenvalue weighted by Crippen LogP contribution is 2.55. The van der Waals surface area contributed by atoms with Crippen molar-refractivity contribution in [2.45, 2.75) is 44.2 Å². The normalized spacial score (nSPS) is 21.9. The summed E-state index contributed by atoms with van der Waals surface area (Å²) in [5.41, 5.74) is 0.927. The van der Waals surface area contributed by atoms with Crippen LogP contribution in [0.4, 0.5) is 0 Å². The first-order valence-corrected chi connectivity index (χ1v) is 8.57. The largest absolute Gasteiger partial charge is 0.0836 e. The Morgan fingerprint density at radius 1 is 0.944 bits per heavy atom. The molecule has 0 spiro atoms. The fraction of sp³-hybridized carbons (Fsp3) is 0.412. The molecule has 0 heterocycles. The second-order valence-corrected chi connectivity index (χ2v) is 7.76. The SMILES string of the molecule is C1=CC(P(c2ccccc2)C2CCCC2)=CCC1. The van der Waals surface area contributed by atoms with Crippen molar-refractivity contribution in [3.8, 4) is 0 Å². The van der Waals surface area contributed by atoms with Gasteiger partial charge in [0, 0.05) is 0 Å². The van der Waals surface area contributed by atoms with E-state index in [0.717, 1.165) is 5.66 Å². The van der Waals surface area contributed by atoms with E-state index in [0.29, 0.717) is 0 Å². The third-order valence-corrected chi connectivity index (χ3v) is 6.97. The van der Waals surface area contributed by atoms with Crippen LogP contribution in [0.1, 0.15) is 38.5 Å². The summed E-state index contributed by atoms with van der Waals surface area (Å²) in [5, 5.41) is 3.21. The average Bonchev–Trinajstić information content (AvgIpc) is 2.95. The van der Waals surface area contributed by atoms with Crippen molar-refractivity contribution in [1.82, 2.24) is 0 Å². The average molecular weight is 256 g/mol. The van der Waals surface area contributed by atoms with E-state index in [1.807, 2.05) is 0 Å². The van der Waals surface area contributed by atoms with Gasteiger partial charge in [-0.2, -0.15) is 0 Å². The van der Waals surface area contributed by atoms with Gasteiger partial charge in [0.1, 0.15) is 0 Å². The molecular formula is C17H21P. The molecule has 1 aromatic rings. The lowest BCUT2D eigenvalue weighted by Gasteiger charge is -2.27. The molecule has 1 unspecified atom stereocenters. The Hall–Kier alpha value is -0.870. The van der Waals surface area contributed by atoms with Gasteiger partial charge in [-0.15, -0.1) is 0 Å². The highest BCUT2D eigenvalue weighted by atomic mass is 31.1. The van der Waals surface area contributed by atoms with E-state index in [9.17, 15) is 0 Å². The molecular weight excluding hydrogens is 235 g/mol. The van der Waals surface area contributed by atoms with Gasteiger partial charge in [0.25, 0.3) is 0 Å². The highest BCUT2D eigenvalue weighted by Gasteiger charge is 2.28. The monoisotopic (exact) mass is 256 g/mol. The Labute approximate surface area is 112 Å². The van der Waals surface area contributed by atoms with Crippen LogP contribution in [0.25, 0.3) is 0 Å². The molecule has 1 fully saturated rings. The van der Waals surface area contributed by atoms with Crippen molar-refractivity contribution in [1.29, 1.82) is 0 Å². The Morgan fingerprint density at radius 2 is 1.72 bits per heavy atom. The van der Waals surface area contributed by atoms with Crippen LogP contribution in [0.5, 0.6) is 0 Å². The summed E-state index contributed by atoms with van der Waals surface area (Å²) in [7, 11) is -0.101.